The maximum absolute atomic E-state index is 13.5. The average molecular weight is 710 g/mol. The minimum absolute atomic E-state index is 0.0563. The van der Waals surface area contributed by atoms with E-state index in [-0.39, 0.29) is 48.0 Å². The highest BCUT2D eigenvalue weighted by atomic mass is 32.2. The molecule has 5 rings (SSSR count). The van der Waals surface area contributed by atoms with Gasteiger partial charge in [0.05, 0.1) is 41.3 Å². The van der Waals surface area contributed by atoms with Gasteiger partial charge in [-0.15, -0.1) is 11.8 Å². The van der Waals surface area contributed by atoms with Crippen molar-refractivity contribution in [2.75, 3.05) is 40.8 Å². The van der Waals surface area contributed by atoms with Crippen molar-refractivity contribution >= 4 is 47.6 Å². The second-order valence-electron chi connectivity index (χ2n) is 12.4. The number of amides is 3. The second kappa shape index (κ2) is 15.8. The van der Waals surface area contributed by atoms with Gasteiger partial charge in [0.1, 0.15) is 6.04 Å². The van der Waals surface area contributed by atoms with E-state index in [0.717, 1.165) is 0 Å². The smallest absolute Gasteiger partial charge is 0.413 e. The number of esters is 3. The number of nitrogens with zero attached hydrogens (tertiary/aromatic N) is 3. The Morgan fingerprint density at radius 3 is 1.96 bits per heavy atom. The molecule has 50 heavy (non-hydrogen) atoms. The van der Waals surface area contributed by atoms with Crippen LogP contribution in [0.3, 0.4) is 0 Å². The molecule has 2 fully saturated rings. The average Bonchev–Trinajstić information content (AvgIpc) is 3.53. The van der Waals surface area contributed by atoms with Crippen LogP contribution in [0.15, 0.2) is 71.1 Å². The molecule has 266 valence electrons. The number of aliphatic hydroxyl groups is 1. The molecular weight excluding hydrogens is 670 g/mol. The van der Waals surface area contributed by atoms with Crippen LogP contribution in [0.1, 0.15) is 41.0 Å². The van der Waals surface area contributed by atoms with Crippen molar-refractivity contribution in [1.82, 2.24) is 14.7 Å². The third-order valence-electron chi connectivity index (χ3n) is 8.90. The summed E-state index contributed by atoms with van der Waals surface area (Å²) in [5.74, 6) is -3.87. The number of carbonyl (C=O) groups excluding carboxylic acids is 6. The van der Waals surface area contributed by atoms with Crippen LogP contribution >= 0.6 is 11.8 Å². The van der Waals surface area contributed by atoms with Crippen molar-refractivity contribution in [3.8, 4) is 0 Å². The van der Waals surface area contributed by atoms with E-state index >= 15 is 0 Å². The Hall–Kier alpha value is -4.89. The number of fused-ring (bicyclic) bond motifs is 1. The minimum atomic E-state index is -0.918. The maximum atomic E-state index is 13.5. The van der Waals surface area contributed by atoms with E-state index in [9.17, 15) is 33.9 Å². The number of rotatable bonds is 11. The van der Waals surface area contributed by atoms with Crippen LogP contribution in [0.4, 0.5) is 4.79 Å². The number of hydrogen-bond acceptors (Lipinski definition) is 12. The lowest BCUT2D eigenvalue weighted by molar-refractivity contribution is -0.168. The zero-order valence-electron chi connectivity index (χ0n) is 28.1. The second-order valence-corrected chi connectivity index (χ2v) is 13.7. The molecule has 0 bridgehead atoms. The zero-order valence-corrected chi connectivity index (χ0v) is 28.9. The van der Waals surface area contributed by atoms with Crippen LogP contribution in [-0.4, -0.2) is 120 Å². The summed E-state index contributed by atoms with van der Waals surface area (Å²) in [5, 5.41) is 9.98. The van der Waals surface area contributed by atoms with Crippen molar-refractivity contribution in [3.05, 3.63) is 82.3 Å². The van der Waals surface area contributed by atoms with E-state index in [4.69, 9.17) is 18.9 Å². The van der Waals surface area contributed by atoms with Gasteiger partial charge in [0, 0.05) is 36.7 Å². The Morgan fingerprint density at radius 1 is 0.880 bits per heavy atom. The zero-order chi connectivity index (χ0) is 36.1. The Labute approximate surface area is 293 Å². The number of β-lactam (4-membered cyclic amide) rings is 1. The lowest BCUT2D eigenvalue weighted by atomic mass is 9.73. The molecule has 3 heterocycles. The van der Waals surface area contributed by atoms with E-state index in [1.54, 1.807) is 81.7 Å². The number of hydrogen-bond donors (Lipinski definition) is 1. The summed E-state index contributed by atoms with van der Waals surface area (Å²) in [6.07, 6.45) is -1.57. The van der Waals surface area contributed by atoms with Gasteiger partial charge in [0.15, 0.2) is 0 Å². The fourth-order valence-corrected chi connectivity index (χ4v) is 7.94. The lowest BCUT2D eigenvalue weighted by Crippen LogP contribution is -2.68. The Bertz CT molecular complexity index is 1650. The van der Waals surface area contributed by atoms with E-state index in [1.165, 1.54) is 26.5 Å². The molecule has 2 aromatic carbocycles. The highest BCUT2D eigenvalue weighted by Gasteiger charge is 2.56. The number of benzene rings is 2. The molecule has 0 aliphatic carbocycles. The van der Waals surface area contributed by atoms with Crippen molar-refractivity contribution in [2.24, 2.45) is 11.8 Å². The molecule has 0 unspecified atom stereocenters. The number of thioether (sulfide) groups is 1. The maximum Gasteiger partial charge on any atom is 0.413 e. The van der Waals surface area contributed by atoms with Gasteiger partial charge in [-0.1, -0.05) is 43.3 Å². The van der Waals surface area contributed by atoms with Crippen LogP contribution < -0.4 is 0 Å². The van der Waals surface area contributed by atoms with Gasteiger partial charge in [0.2, 0.25) is 25.4 Å². The summed E-state index contributed by atoms with van der Waals surface area (Å²) in [6, 6.07) is 15.1. The van der Waals surface area contributed by atoms with Gasteiger partial charge >= 0.3 is 24.0 Å². The predicted molar refractivity (Wildman–Crippen MR) is 178 cm³/mol. The van der Waals surface area contributed by atoms with Crippen LogP contribution in [0, 0.1) is 11.8 Å². The Morgan fingerprint density at radius 2 is 1.42 bits per heavy atom. The number of carbonyl (C=O) groups is 6. The van der Waals surface area contributed by atoms with Crippen LogP contribution in [0.5, 0.6) is 0 Å². The first kappa shape index (κ1) is 36.4. The van der Waals surface area contributed by atoms with E-state index in [0.29, 0.717) is 4.91 Å². The highest BCUT2D eigenvalue weighted by Crippen LogP contribution is 2.48. The Kier molecular flexibility index (Phi) is 11.5. The summed E-state index contributed by atoms with van der Waals surface area (Å²) in [7, 11) is 3.13. The molecule has 0 radical (unpaired) electrons. The molecular formula is C35H39N3O11S. The molecule has 1 N–H and O–H groups in total. The SMILES string of the molecule is C[C@@H](O)[C@H]1C(=O)N2CC(C(=O)OCOC(=O)c3ccccc3)=C(S[C@H]3C[C@@H](C(=O)N(C)C)N(C(=O)OCOC(=O)c4ccccc4)C3)[C@H](C)[C@H]12. The molecule has 3 amide bonds. The van der Waals surface area contributed by atoms with E-state index in [1.807, 2.05) is 6.92 Å². The summed E-state index contributed by atoms with van der Waals surface area (Å²) < 4.78 is 20.8. The molecule has 6 atom stereocenters. The number of likely N-dealkylation sites (N-methyl/N-ethyl adjacent to an activating group) is 1. The van der Waals surface area contributed by atoms with E-state index in [2.05, 4.69) is 0 Å². The molecule has 3 aliphatic rings. The number of aliphatic hydroxyl groups excluding tert-OH is 1. The normalized spacial score (nSPS) is 23.3. The van der Waals surface area contributed by atoms with Crippen molar-refractivity contribution in [1.29, 1.82) is 0 Å². The fourth-order valence-electron chi connectivity index (χ4n) is 6.43. The van der Waals surface area contributed by atoms with Crippen molar-refractivity contribution < 1.29 is 52.8 Å². The van der Waals surface area contributed by atoms with Gasteiger partial charge in [-0.2, -0.15) is 0 Å². The number of likely N-dealkylation sites (tertiary alicyclic amines) is 1. The largest absolute Gasteiger partial charge is 0.424 e. The number of ether oxygens (including phenoxy) is 4. The topological polar surface area (TPSA) is 169 Å². The molecule has 2 aromatic rings. The molecule has 14 nitrogen and oxygen atoms in total. The summed E-state index contributed by atoms with van der Waals surface area (Å²) >= 11 is 1.29. The molecule has 0 spiro atoms. The van der Waals surface area contributed by atoms with Gasteiger partial charge < -0.3 is 33.9 Å². The minimum Gasteiger partial charge on any atom is -0.424 e. The molecule has 15 heteroatoms. The first-order chi connectivity index (χ1) is 23.9. The highest BCUT2D eigenvalue weighted by molar-refractivity contribution is 8.03. The first-order valence-electron chi connectivity index (χ1n) is 16.0. The monoisotopic (exact) mass is 709 g/mol. The van der Waals surface area contributed by atoms with E-state index < -0.39 is 72.9 Å². The molecule has 3 aliphatic heterocycles. The molecule has 2 saturated heterocycles. The lowest BCUT2D eigenvalue weighted by Gasteiger charge is -2.54. The van der Waals surface area contributed by atoms with Gasteiger partial charge in [0.25, 0.3) is 0 Å². The summed E-state index contributed by atoms with van der Waals surface area (Å²) in [5.41, 5.74) is 0.741. The quantitative estimate of drug-likeness (QED) is 0.206. The van der Waals surface area contributed by atoms with Crippen LogP contribution in [-0.2, 0) is 33.3 Å². The van der Waals surface area contributed by atoms with Gasteiger partial charge in [-0.3, -0.25) is 14.5 Å². The first-order valence-corrected chi connectivity index (χ1v) is 16.9. The molecule has 0 saturated carbocycles. The van der Waals surface area contributed by atoms with Crippen LogP contribution in [0.25, 0.3) is 0 Å². The van der Waals surface area contributed by atoms with Crippen molar-refractivity contribution in [2.45, 2.75) is 43.7 Å². The Balaban J connectivity index is 1.31. The third-order valence-corrected chi connectivity index (χ3v) is 10.4. The van der Waals surface area contributed by atoms with Crippen molar-refractivity contribution in [3.63, 3.8) is 0 Å². The summed E-state index contributed by atoms with van der Waals surface area (Å²) in [6.45, 7) is 2.03. The summed E-state index contributed by atoms with van der Waals surface area (Å²) in [4.78, 5) is 82.3. The fraction of sp³-hybridized carbons (Fsp3) is 0.429. The third kappa shape index (κ3) is 7.78. The standard InChI is InChI=1S/C35H39N3O11S/c1-20-28-27(21(2)39)31(41)38(28)17-25(34(44)48-18-46-32(42)22-11-7-5-8-12-22)29(20)50-24-15-26(30(40)36(3)4)37(16-24)35(45)49-19-47-33(43)23-13-9-6-10-14-23/h5-14,20-21,24,26-28,39H,15-19H2,1-4H3/t20-,21-,24+,26+,27-,28-/m1/s1. The van der Waals surface area contributed by atoms with Gasteiger partial charge in [-0.25, -0.2) is 19.2 Å². The van der Waals surface area contributed by atoms with Crippen LogP contribution in [0.2, 0.25) is 0 Å². The van der Waals surface area contributed by atoms with Gasteiger partial charge in [-0.05, 0) is 37.6 Å². The molecule has 0 aromatic heterocycles. The predicted octanol–water partition coefficient (Wildman–Crippen LogP) is 2.67.